The van der Waals surface area contributed by atoms with E-state index in [-0.39, 0.29) is 12.1 Å². The predicted molar refractivity (Wildman–Crippen MR) is 82.6 cm³/mol. The summed E-state index contributed by atoms with van der Waals surface area (Å²) in [5, 5.41) is 4.58. The van der Waals surface area contributed by atoms with Crippen molar-refractivity contribution in [2.24, 2.45) is 0 Å². The van der Waals surface area contributed by atoms with E-state index in [0.29, 0.717) is 0 Å². The van der Waals surface area contributed by atoms with Gasteiger partial charge >= 0.3 is 0 Å². The van der Waals surface area contributed by atoms with Crippen LogP contribution < -0.4 is 5.32 Å². The molecule has 2 aromatic heterocycles. The number of halogens is 1. The molecule has 20 heavy (non-hydrogen) atoms. The summed E-state index contributed by atoms with van der Waals surface area (Å²) in [5.41, 5.74) is 0.905. The maximum Gasteiger partial charge on any atom is 0.134 e. The molecule has 0 bridgehead atoms. The Labute approximate surface area is 126 Å². The van der Waals surface area contributed by atoms with E-state index in [9.17, 15) is 0 Å². The van der Waals surface area contributed by atoms with Crippen LogP contribution in [-0.2, 0) is 0 Å². The van der Waals surface area contributed by atoms with E-state index in [1.807, 2.05) is 24.3 Å². The Hall–Kier alpha value is -1.52. The monoisotopic (exact) mass is 333 g/mol. The van der Waals surface area contributed by atoms with Crippen LogP contribution in [0.2, 0.25) is 0 Å². The zero-order valence-electron chi connectivity index (χ0n) is 11.4. The molecular weight excluding hydrogens is 318 g/mol. The molecule has 3 nitrogen and oxygen atoms in total. The van der Waals surface area contributed by atoms with Gasteiger partial charge in [-0.3, -0.25) is 5.32 Å². The maximum atomic E-state index is 5.89. The number of benzene rings is 1. The van der Waals surface area contributed by atoms with E-state index in [4.69, 9.17) is 8.83 Å². The lowest BCUT2D eigenvalue weighted by atomic mass is 10.1. The molecule has 0 radical (unpaired) electrons. The van der Waals surface area contributed by atoms with Gasteiger partial charge in [-0.25, -0.2) is 0 Å². The molecule has 0 aliphatic rings. The highest BCUT2D eigenvalue weighted by Gasteiger charge is 2.16. The van der Waals surface area contributed by atoms with Crippen LogP contribution in [0.15, 0.2) is 56.0 Å². The largest absolute Gasteiger partial charge is 0.468 e. The van der Waals surface area contributed by atoms with Crippen molar-refractivity contribution >= 4 is 26.9 Å². The first-order valence-corrected chi connectivity index (χ1v) is 7.41. The van der Waals surface area contributed by atoms with E-state index in [2.05, 4.69) is 47.2 Å². The molecule has 2 heterocycles. The summed E-state index contributed by atoms with van der Waals surface area (Å²) in [6, 6.07) is 12.2. The second kappa shape index (κ2) is 5.46. The lowest BCUT2D eigenvalue weighted by Crippen LogP contribution is -2.21. The fourth-order valence-electron chi connectivity index (χ4n) is 2.33. The van der Waals surface area contributed by atoms with Crippen molar-refractivity contribution in [1.82, 2.24) is 5.32 Å². The number of hydrogen-bond acceptors (Lipinski definition) is 3. The van der Waals surface area contributed by atoms with Gasteiger partial charge in [-0.2, -0.15) is 0 Å². The Morgan fingerprint density at radius 3 is 2.60 bits per heavy atom. The molecule has 3 rings (SSSR count). The SMILES string of the molecule is CC(N[C@@H](C)c1ccco1)c1cc2cc(Br)ccc2o1. The van der Waals surface area contributed by atoms with Gasteiger partial charge in [0.1, 0.15) is 17.1 Å². The van der Waals surface area contributed by atoms with Crippen molar-refractivity contribution in [2.45, 2.75) is 25.9 Å². The van der Waals surface area contributed by atoms with Crippen LogP contribution in [0, 0.1) is 0 Å². The first kappa shape index (κ1) is 13.5. The molecule has 0 aliphatic heterocycles. The summed E-state index contributed by atoms with van der Waals surface area (Å²) in [4.78, 5) is 0. The number of hydrogen-bond donors (Lipinski definition) is 1. The maximum absolute atomic E-state index is 5.89. The Morgan fingerprint density at radius 2 is 1.85 bits per heavy atom. The third-order valence-corrected chi connectivity index (χ3v) is 3.89. The number of nitrogens with one attached hydrogen (secondary N) is 1. The first-order chi connectivity index (χ1) is 9.63. The minimum absolute atomic E-state index is 0.112. The van der Waals surface area contributed by atoms with Crippen LogP contribution in [0.3, 0.4) is 0 Å². The van der Waals surface area contributed by atoms with Gasteiger partial charge in [-0.1, -0.05) is 15.9 Å². The Kier molecular flexibility index (Phi) is 3.68. The van der Waals surface area contributed by atoms with Gasteiger partial charge in [0.2, 0.25) is 0 Å². The Morgan fingerprint density at radius 1 is 1.05 bits per heavy atom. The number of rotatable bonds is 4. The molecular formula is C16H16BrNO2. The average molecular weight is 334 g/mol. The zero-order valence-corrected chi connectivity index (χ0v) is 13.0. The van der Waals surface area contributed by atoms with Crippen LogP contribution in [0.1, 0.15) is 37.5 Å². The molecule has 3 aromatic rings. The van der Waals surface area contributed by atoms with Crippen molar-refractivity contribution < 1.29 is 8.83 Å². The van der Waals surface area contributed by atoms with Crippen molar-refractivity contribution in [3.8, 4) is 0 Å². The van der Waals surface area contributed by atoms with Gasteiger partial charge in [0.05, 0.1) is 18.3 Å². The lowest BCUT2D eigenvalue weighted by molar-refractivity contribution is 0.373. The molecule has 104 valence electrons. The van der Waals surface area contributed by atoms with E-state index in [1.54, 1.807) is 6.26 Å². The van der Waals surface area contributed by atoms with Crippen molar-refractivity contribution in [1.29, 1.82) is 0 Å². The topological polar surface area (TPSA) is 38.3 Å². The molecule has 2 atom stereocenters. The zero-order chi connectivity index (χ0) is 14.1. The third kappa shape index (κ3) is 2.67. The molecule has 1 aromatic carbocycles. The van der Waals surface area contributed by atoms with Gasteiger partial charge < -0.3 is 8.83 Å². The first-order valence-electron chi connectivity index (χ1n) is 6.62. The van der Waals surface area contributed by atoms with E-state index < -0.39 is 0 Å². The molecule has 0 aliphatic carbocycles. The van der Waals surface area contributed by atoms with Crippen LogP contribution >= 0.6 is 15.9 Å². The fourth-order valence-corrected chi connectivity index (χ4v) is 2.70. The Balaban J connectivity index is 1.80. The smallest absolute Gasteiger partial charge is 0.134 e. The average Bonchev–Trinajstić information content (AvgIpc) is 3.07. The highest BCUT2D eigenvalue weighted by molar-refractivity contribution is 9.10. The summed E-state index contributed by atoms with van der Waals surface area (Å²) in [6.07, 6.45) is 1.69. The Bertz CT molecular complexity index is 702. The normalized spacial score (nSPS) is 14.6. The summed E-state index contributed by atoms with van der Waals surface area (Å²) < 4.78 is 12.4. The van der Waals surface area contributed by atoms with Crippen LogP contribution in [-0.4, -0.2) is 0 Å². The molecule has 4 heteroatoms. The predicted octanol–water partition coefficient (Wildman–Crippen LogP) is 5.20. The van der Waals surface area contributed by atoms with E-state index in [1.165, 1.54) is 0 Å². The lowest BCUT2D eigenvalue weighted by Gasteiger charge is -2.16. The van der Waals surface area contributed by atoms with Gasteiger partial charge in [-0.05, 0) is 50.2 Å². The van der Waals surface area contributed by atoms with Gasteiger partial charge in [0, 0.05) is 9.86 Å². The minimum Gasteiger partial charge on any atom is -0.468 e. The van der Waals surface area contributed by atoms with E-state index >= 15 is 0 Å². The number of furan rings is 2. The summed E-state index contributed by atoms with van der Waals surface area (Å²) >= 11 is 3.48. The summed E-state index contributed by atoms with van der Waals surface area (Å²) in [5.74, 6) is 1.85. The van der Waals surface area contributed by atoms with Crippen molar-refractivity contribution in [3.05, 3.63) is 58.7 Å². The van der Waals surface area contributed by atoms with Gasteiger partial charge in [0.25, 0.3) is 0 Å². The standard InChI is InChI=1S/C16H16BrNO2/c1-10(14-4-3-7-19-14)18-11(2)16-9-12-8-13(17)5-6-15(12)20-16/h3-11,18H,1-2H3/t10-,11?/m0/s1. The third-order valence-electron chi connectivity index (χ3n) is 3.39. The molecule has 1 unspecified atom stereocenters. The van der Waals surface area contributed by atoms with Crippen LogP contribution in [0.5, 0.6) is 0 Å². The fraction of sp³-hybridized carbons (Fsp3) is 0.250. The summed E-state index contributed by atoms with van der Waals surface area (Å²) in [7, 11) is 0. The minimum atomic E-state index is 0.112. The van der Waals surface area contributed by atoms with Crippen LogP contribution in [0.4, 0.5) is 0 Å². The highest BCUT2D eigenvalue weighted by atomic mass is 79.9. The molecule has 0 amide bonds. The van der Waals surface area contributed by atoms with Crippen molar-refractivity contribution in [3.63, 3.8) is 0 Å². The van der Waals surface area contributed by atoms with Gasteiger partial charge in [-0.15, -0.1) is 0 Å². The van der Waals surface area contributed by atoms with Crippen LogP contribution in [0.25, 0.3) is 11.0 Å². The molecule has 0 saturated carbocycles. The highest BCUT2D eigenvalue weighted by Crippen LogP contribution is 2.28. The second-order valence-corrected chi connectivity index (χ2v) is 5.87. The van der Waals surface area contributed by atoms with Crippen molar-refractivity contribution in [2.75, 3.05) is 0 Å². The second-order valence-electron chi connectivity index (χ2n) is 4.96. The quantitative estimate of drug-likeness (QED) is 0.713. The molecule has 0 saturated heterocycles. The van der Waals surface area contributed by atoms with E-state index in [0.717, 1.165) is 27.0 Å². The molecule has 1 N–H and O–H groups in total. The summed E-state index contributed by atoms with van der Waals surface area (Å²) in [6.45, 7) is 4.17. The van der Waals surface area contributed by atoms with Gasteiger partial charge in [0.15, 0.2) is 0 Å². The number of fused-ring (bicyclic) bond motifs is 1. The molecule has 0 fully saturated rings. The molecule has 0 spiro atoms.